The molecular formula is C24H23N3O3S. The van der Waals surface area contributed by atoms with Crippen molar-refractivity contribution >= 4 is 23.4 Å². The van der Waals surface area contributed by atoms with E-state index in [1.165, 1.54) is 17.3 Å². The number of thioether (sulfide) groups is 1. The molecular weight excluding hydrogens is 410 g/mol. The monoisotopic (exact) mass is 433 g/mol. The molecule has 0 saturated carbocycles. The van der Waals surface area contributed by atoms with Crippen molar-refractivity contribution in [1.29, 1.82) is 0 Å². The van der Waals surface area contributed by atoms with Crippen LogP contribution in [0.15, 0.2) is 75.0 Å². The third kappa shape index (κ3) is 3.81. The molecule has 1 amide bonds. The molecule has 3 aromatic heterocycles. The van der Waals surface area contributed by atoms with Crippen LogP contribution in [0.4, 0.5) is 5.69 Å². The Morgan fingerprint density at radius 2 is 1.90 bits per heavy atom. The van der Waals surface area contributed by atoms with Gasteiger partial charge in [-0.15, -0.1) is 0 Å². The van der Waals surface area contributed by atoms with Crippen LogP contribution < -0.4 is 4.90 Å². The number of anilines is 1. The first-order chi connectivity index (χ1) is 15.2. The summed E-state index contributed by atoms with van der Waals surface area (Å²) in [5.41, 5.74) is 3.69. The van der Waals surface area contributed by atoms with Crippen molar-refractivity contribution in [3.05, 3.63) is 66.6 Å². The summed E-state index contributed by atoms with van der Waals surface area (Å²) in [5.74, 6) is 1.45. The van der Waals surface area contributed by atoms with Gasteiger partial charge in [-0.05, 0) is 55.2 Å². The van der Waals surface area contributed by atoms with Gasteiger partial charge in [-0.1, -0.05) is 36.9 Å². The summed E-state index contributed by atoms with van der Waals surface area (Å²) in [6.07, 6.45) is 5.95. The highest BCUT2D eigenvalue weighted by atomic mass is 32.2. The molecule has 1 aliphatic rings. The van der Waals surface area contributed by atoms with Crippen molar-refractivity contribution < 1.29 is 13.6 Å². The molecule has 7 heteroatoms. The Labute approximate surface area is 184 Å². The normalized spacial score (nSPS) is 14.4. The minimum atomic E-state index is -0.244. The number of imidazole rings is 1. The van der Waals surface area contributed by atoms with Crippen molar-refractivity contribution in [3.63, 3.8) is 0 Å². The van der Waals surface area contributed by atoms with Crippen LogP contribution in [0.25, 0.3) is 22.9 Å². The van der Waals surface area contributed by atoms with Gasteiger partial charge in [0.25, 0.3) is 0 Å². The zero-order chi connectivity index (χ0) is 21.2. The maximum absolute atomic E-state index is 13.5. The van der Waals surface area contributed by atoms with Crippen LogP contribution in [-0.2, 0) is 11.2 Å². The minimum absolute atomic E-state index is 0.121. The highest BCUT2D eigenvalue weighted by Gasteiger charge is 2.30. The number of carbonyl (C=O) groups excluding carboxylic acids is 1. The van der Waals surface area contributed by atoms with Crippen molar-refractivity contribution in [2.45, 2.75) is 36.6 Å². The summed E-state index contributed by atoms with van der Waals surface area (Å²) < 4.78 is 11.2. The fourth-order valence-electron chi connectivity index (χ4n) is 3.98. The number of aryl methyl sites for hydroxylation is 1. The molecule has 4 heterocycles. The Hall–Kier alpha value is -3.19. The fraction of sp³-hybridized carbons (Fsp3) is 0.250. The lowest BCUT2D eigenvalue weighted by molar-refractivity contribution is -0.118. The number of aromatic amines is 1. The van der Waals surface area contributed by atoms with Gasteiger partial charge in [0.1, 0.15) is 11.4 Å². The maximum atomic E-state index is 13.5. The standard InChI is InChI=1S/C24H23N3O3S/c1-2-20(23(28)27-13-5-9-16-8-3-4-10-17(16)27)31-24-25-21(18-11-6-14-29-18)22(26-24)19-12-7-15-30-19/h3-4,6-8,10-12,14-15,20H,2,5,9,13H2,1H3,(H,25,26). The molecule has 158 valence electrons. The molecule has 1 aromatic carbocycles. The van der Waals surface area contributed by atoms with Crippen LogP contribution in [0.3, 0.4) is 0 Å². The second-order valence-corrected chi connectivity index (χ2v) is 8.65. The van der Waals surface area contributed by atoms with Crippen molar-refractivity contribution in [2.24, 2.45) is 0 Å². The van der Waals surface area contributed by atoms with Crippen LogP contribution in [0.5, 0.6) is 0 Å². The molecule has 4 aromatic rings. The predicted molar refractivity (Wildman–Crippen MR) is 121 cm³/mol. The first-order valence-corrected chi connectivity index (χ1v) is 11.4. The Morgan fingerprint density at radius 3 is 2.65 bits per heavy atom. The number of H-pyrrole nitrogens is 1. The van der Waals surface area contributed by atoms with Crippen molar-refractivity contribution in [1.82, 2.24) is 9.97 Å². The number of nitrogens with zero attached hydrogens (tertiary/aromatic N) is 2. The molecule has 6 nitrogen and oxygen atoms in total. The fourth-order valence-corrected chi connectivity index (χ4v) is 4.95. The molecule has 5 rings (SSSR count). The number of para-hydroxylation sites is 1. The van der Waals surface area contributed by atoms with E-state index in [1.54, 1.807) is 12.5 Å². The Kier molecular flexibility index (Phi) is 5.42. The van der Waals surface area contributed by atoms with Gasteiger partial charge < -0.3 is 18.7 Å². The molecule has 1 atom stereocenters. The predicted octanol–water partition coefficient (Wildman–Crippen LogP) is 5.78. The third-order valence-corrected chi connectivity index (χ3v) is 6.72. The van der Waals surface area contributed by atoms with E-state index in [9.17, 15) is 4.79 Å². The average Bonchev–Trinajstić information content (AvgIpc) is 3.57. The Balaban J connectivity index is 1.44. The van der Waals surface area contributed by atoms with Gasteiger partial charge in [0.15, 0.2) is 16.7 Å². The topological polar surface area (TPSA) is 75.3 Å². The SMILES string of the molecule is CCC(Sc1nc(-c2ccco2)c(-c2ccco2)[nH]1)C(=O)N1CCCc2ccccc21. The molecule has 0 radical (unpaired) electrons. The summed E-state index contributed by atoms with van der Waals surface area (Å²) >= 11 is 1.45. The largest absolute Gasteiger partial charge is 0.463 e. The summed E-state index contributed by atoms with van der Waals surface area (Å²) in [6, 6.07) is 15.6. The summed E-state index contributed by atoms with van der Waals surface area (Å²) in [4.78, 5) is 23.5. The number of hydrogen-bond acceptors (Lipinski definition) is 5. The van der Waals surface area contributed by atoms with E-state index in [2.05, 4.69) is 11.1 Å². The van der Waals surface area contributed by atoms with E-state index in [0.717, 1.165) is 30.8 Å². The number of furan rings is 2. The molecule has 31 heavy (non-hydrogen) atoms. The molecule has 0 spiro atoms. The quantitative estimate of drug-likeness (QED) is 0.390. The van der Waals surface area contributed by atoms with Crippen LogP contribution >= 0.6 is 11.8 Å². The smallest absolute Gasteiger partial charge is 0.240 e. The second kappa shape index (κ2) is 8.51. The van der Waals surface area contributed by atoms with Gasteiger partial charge in [0.05, 0.1) is 17.8 Å². The molecule has 0 aliphatic carbocycles. The van der Waals surface area contributed by atoms with Crippen molar-refractivity contribution in [2.75, 3.05) is 11.4 Å². The number of hydrogen-bond donors (Lipinski definition) is 1. The number of amides is 1. The lowest BCUT2D eigenvalue weighted by atomic mass is 10.0. The van der Waals surface area contributed by atoms with Gasteiger partial charge >= 0.3 is 0 Å². The lowest BCUT2D eigenvalue weighted by Crippen LogP contribution is -2.40. The van der Waals surface area contributed by atoms with E-state index >= 15 is 0 Å². The van der Waals surface area contributed by atoms with E-state index < -0.39 is 0 Å². The first kappa shape index (κ1) is 19.8. The minimum Gasteiger partial charge on any atom is -0.463 e. The summed E-state index contributed by atoms with van der Waals surface area (Å²) in [5, 5.41) is 0.425. The second-order valence-electron chi connectivity index (χ2n) is 7.46. The van der Waals surface area contributed by atoms with Gasteiger partial charge in [0, 0.05) is 12.2 Å². The van der Waals surface area contributed by atoms with E-state index in [-0.39, 0.29) is 11.2 Å². The van der Waals surface area contributed by atoms with Crippen LogP contribution in [0.2, 0.25) is 0 Å². The highest BCUT2D eigenvalue weighted by Crippen LogP contribution is 2.36. The van der Waals surface area contributed by atoms with Gasteiger partial charge in [-0.25, -0.2) is 4.98 Å². The van der Waals surface area contributed by atoms with Gasteiger partial charge in [-0.2, -0.15) is 0 Å². The van der Waals surface area contributed by atoms with Crippen molar-refractivity contribution in [3.8, 4) is 22.9 Å². The summed E-state index contributed by atoms with van der Waals surface area (Å²) in [6.45, 7) is 2.79. The van der Waals surface area contributed by atoms with E-state index in [1.807, 2.05) is 54.3 Å². The van der Waals surface area contributed by atoms with Gasteiger partial charge in [0.2, 0.25) is 5.91 Å². The molecule has 1 unspecified atom stereocenters. The summed E-state index contributed by atoms with van der Waals surface area (Å²) in [7, 11) is 0. The Bertz CT molecular complexity index is 1110. The number of aromatic nitrogens is 2. The molecule has 1 N–H and O–H groups in total. The van der Waals surface area contributed by atoms with E-state index in [4.69, 9.17) is 13.8 Å². The first-order valence-electron chi connectivity index (χ1n) is 10.5. The lowest BCUT2D eigenvalue weighted by Gasteiger charge is -2.31. The van der Waals surface area contributed by atoms with Gasteiger partial charge in [-0.3, -0.25) is 4.79 Å². The highest BCUT2D eigenvalue weighted by molar-refractivity contribution is 8.00. The zero-order valence-corrected chi connectivity index (χ0v) is 18.0. The number of benzene rings is 1. The molecule has 0 saturated heterocycles. The van der Waals surface area contributed by atoms with Crippen LogP contribution in [-0.4, -0.2) is 27.7 Å². The zero-order valence-electron chi connectivity index (χ0n) is 17.2. The number of fused-ring (bicyclic) bond motifs is 1. The number of rotatable bonds is 6. The molecule has 0 fully saturated rings. The number of nitrogens with one attached hydrogen (secondary N) is 1. The third-order valence-electron chi connectivity index (χ3n) is 5.48. The maximum Gasteiger partial charge on any atom is 0.240 e. The van der Waals surface area contributed by atoms with Crippen LogP contribution in [0.1, 0.15) is 25.3 Å². The van der Waals surface area contributed by atoms with Crippen LogP contribution in [0, 0.1) is 0 Å². The number of carbonyl (C=O) groups is 1. The molecule has 0 bridgehead atoms. The average molecular weight is 434 g/mol. The molecule has 1 aliphatic heterocycles. The Morgan fingerprint density at radius 1 is 1.13 bits per heavy atom. The van der Waals surface area contributed by atoms with E-state index in [0.29, 0.717) is 28.8 Å².